The van der Waals surface area contributed by atoms with Gasteiger partial charge in [-0.1, -0.05) is 25.5 Å². The zero-order valence-corrected chi connectivity index (χ0v) is 13.8. The highest BCUT2D eigenvalue weighted by Gasteiger charge is 2.17. The van der Waals surface area contributed by atoms with Crippen LogP contribution in [0.3, 0.4) is 0 Å². The van der Waals surface area contributed by atoms with Crippen LogP contribution in [0.2, 0.25) is 0 Å². The predicted octanol–water partition coefficient (Wildman–Crippen LogP) is 4.38. The minimum Gasteiger partial charge on any atom is -0.321 e. The van der Waals surface area contributed by atoms with Crippen LogP contribution >= 0.6 is 0 Å². The van der Waals surface area contributed by atoms with Gasteiger partial charge in [-0.15, -0.1) is 0 Å². The molecule has 0 spiro atoms. The molecule has 3 rings (SSSR count). The number of nitrogens with zero attached hydrogens (tertiary/aromatic N) is 2. The van der Waals surface area contributed by atoms with E-state index in [4.69, 9.17) is 0 Å². The lowest BCUT2D eigenvalue weighted by molar-refractivity contribution is 0.102. The van der Waals surface area contributed by atoms with E-state index in [9.17, 15) is 9.18 Å². The van der Waals surface area contributed by atoms with E-state index in [1.165, 1.54) is 22.2 Å². The van der Waals surface area contributed by atoms with Crippen molar-refractivity contribution in [3.8, 4) is 0 Å². The first-order valence-electron chi connectivity index (χ1n) is 8.13. The molecule has 0 aliphatic rings. The van der Waals surface area contributed by atoms with Crippen molar-refractivity contribution in [2.75, 3.05) is 5.32 Å². The molecule has 3 aromatic rings. The fourth-order valence-corrected chi connectivity index (χ4v) is 2.74. The molecule has 0 saturated heterocycles. The van der Waals surface area contributed by atoms with Crippen LogP contribution in [0, 0.1) is 12.7 Å². The van der Waals surface area contributed by atoms with Crippen LogP contribution < -0.4 is 5.32 Å². The van der Waals surface area contributed by atoms with Crippen molar-refractivity contribution >= 4 is 17.2 Å². The average molecular weight is 325 g/mol. The summed E-state index contributed by atoms with van der Waals surface area (Å²) in [4.78, 5) is 16.9. The normalized spacial score (nSPS) is 11.0. The molecule has 4 nitrogen and oxygen atoms in total. The van der Waals surface area contributed by atoms with Crippen LogP contribution in [-0.4, -0.2) is 15.3 Å². The van der Waals surface area contributed by atoms with Gasteiger partial charge in [-0.3, -0.25) is 9.20 Å². The Hall–Kier alpha value is -2.69. The minimum absolute atomic E-state index is 0.299. The quantitative estimate of drug-likeness (QED) is 0.757. The first-order valence-corrected chi connectivity index (χ1v) is 8.13. The highest BCUT2D eigenvalue weighted by Crippen LogP contribution is 2.17. The standard InChI is InChI=1S/C19H20FN3O/c1-3-4-5-14-6-9-16(10-7-14)22-19(24)18-13(2)21-17-11-8-15(20)12-23(17)18/h6-12H,3-5H2,1-2H3,(H,22,24). The van der Waals surface area contributed by atoms with Crippen LogP contribution in [-0.2, 0) is 6.42 Å². The van der Waals surface area contributed by atoms with E-state index in [-0.39, 0.29) is 5.91 Å². The Morgan fingerprint density at radius 1 is 1.21 bits per heavy atom. The summed E-state index contributed by atoms with van der Waals surface area (Å²) in [7, 11) is 0. The molecule has 124 valence electrons. The molecular weight excluding hydrogens is 305 g/mol. The van der Waals surface area contributed by atoms with E-state index in [1.807, 2.05) is 24.3 Å². The zero-order chi connectivity index (χ0) is 17.1. The molecule has 2 heterocycles. The number of unbranched alkanes of at least 4 members (excludes halogenated alkanes) is 1. The van der Waals surface area contributed by atoms with Crippen LogP contribution in [0.5, 0.6) is 0 Å². The number of carbonyl (C=O) groups is 1. The molecule has 0 saturated carbocycles. The first-order chi connectivity index (χ1) is 11.6. The maximum Gasteiger partial charge on any atom is 0.274 e. The molecule has 0 unspecified atom stereocenters. The van der Waals surface area contributed by atoms with Gasteiger partial charge in [-0.25, -0.2) is 9.37 Å². The number of aromatic nitrogens is 2. The van der Waals surface area contributed by atoms with Gasteiger partial charge in [0, 0.05) is 11.9 Å². The Kier molecular flexibility index (Phi) is 4.60. The number of imidazole rings is 1. The van der Waals surface area contributed by atoms with Crippen molar-refractivity contribution in [3.63, 3.8) is 0 Å². The molecule has 0 fully saturated rings. The number of aryl methyl sites for hydroxylation is 2. The van der Waals surface area contributed by atoms with Crippen molar-refractivity contribution < 1.29 is 9.18 Å². The number of benzene rings is 1. The summed E-state index contributed by atoms with van der Waals surface area (Å²) in [5, 5.41) is 2.86. The Labute approximate surface area is 140 Å². The van der Waals surface area contributed by atoms with E-state index < -0.39 is 5.82 Å². The second kappa shape index (κ2) is 6.83. The smallest absolute Gasteiger partial charge is 0.274 e. The van der Waals surface area contributed by atoms with Crippen LogP contribution in [0.4, 0.5) is 10.1 Å². The topological polar surface area (TPSA) is 46.4 Å². The van der Waals surface area contributed by atoms with Crippen molar-refractivity contribution in [2.24, 2.45) is 0 Å². The van der Waals surface area contributed by atoms with Crippen LogP contribution in [0.15, 0.2) is 42.6 Å². The summed E-state index contributed by atoms with van der Waals surface area (Å²) in [6, 6.07) is 10.7. The van der Waals surface area contributed by atoms with Gasteiger partial charge >= 0.3 is 0 Å². The van der Waals surface area contributed by atoms with E-state index in [0.29, 0.717) is 22.7 Å². The average Bonchev–Trinajstić information content (AvgIpc) is 2.89. The van der Waals surface area contributed by atoms with Crippen molar-refractivity contribution in [2.45, 2.75) is 33.1 Å². The fraction of sp³-hybridized carbons (Fsp3) is 0.263. The van der Waals surface area contributed by atoms with Gasteiger partial charge in [0.15, 0.2) is 0 Å². The third-order valence-electron chi connectivity index (χ3n) is 4.00. The number of carbonyl (C=O) groups excluding carboxylic acids is 1. The Morgan fingerprint density at radius 2 is 1.96 bits per heavy atom. The first kappa shape index (κ1) is 16.2. The number of anilines is 1. The number of hydrogen-bond donors (Lipinski definition) is 1. The molecule has 0 atom stereocenters. The third kappa shape index (κ3) is 3.30. The van der Waals surface area contributed by atoms with E-state index in [1.54, 1.807) is 13.0 Å². The largest absolute Gasteiger partial charge is 0.321 e. The zero-order valence-electron chi connectivity index (χ0n) is 13.8. The van der Waals surface area contributed by atoms with Gasteiger partial charge in [0.2, 0.25) is 0 Å². The summed E-state index contributed by atoms with van der Waals surface area (Å²) in [6.45, 7) is 3.91. The fourth-order valence-electron chi connectivity index (χ4n) is 2.74. The molecule has 0 aliphatic heterocycles. The molecule has 0 aliphatic carbocycles. The molecular formula is C19H20FN3O. The molecule has 5 heteroatoms. The summed E-state index contributed by atoms with van der Waals surface area (Å²) < 4.78 is 15.0. The van der Waals surface area contributed by atoms with Crippen LogP contribution in [0.1, 0.15) is 41.5 Å². The van der Waals surface area contributed by atoms with Gasteiger partial charge in [0.25, 0.3) is 5.91 Å². The summed E-state index contributed by atoms with van der Waals surface area (Å²) in [5.41, 5.74) is 3.43. The van der Waals surface area contributed by atoms with Crippen molar-refractivity contribution in [1.29, 1.82) is 0 Å². The van der Waals surface area contributed by atoms with Gasteiger partial charge in [0.05, 0.1) is 5.69 Å². The Morgan fingerprint density at radius 3 is 2.67 bits per heavy atom. The van der Waals surface area contributed by atoms with Crippen LogP contribution in [0.25, 0.3) is 5.65 Å². The predicted molar refractivity (Wildman–Crippen MR) is 92.9 cm³/mol. The lowest BCUT2D eigenvalue weighted by Gasteiger charge is -2.07. The molecule has 1 amide bonds. The highest BCUT2D eigenvalue weighted by atomic mass is 19.1. The lowest BCUT2D eigenvalue weighted by atomic mass is 10.1. The maximum absolute atomic E-state index is 13.5. The van der Waals surface area contributed by atoms with E-state index in [2.05, 4.69) is 17.2 Å². The monoisotopic (exact) mass is 325 g/mol. The van der Waals surface area contributed by atoms with Crippen molar-refractivity contribution in [1.82, 2.24) is 9.38 Å². The Bertz CT molecular complexity index is 868. The molecule has 1 aromatic carbocycles. The minimum atomic E-state index is -0.408. The number of fused-ring (bicyclic) bond motifs is 1. The second-order valence-electron chi connectivity index (χ2n) is 5.88. The number of hydrogen-bond acceptors (Lipinski definition) is 2. The van der Waals surface area contributed by atoms with E-state index >= 15 is 0 Å². The molecule has 0 radical (unpaired) electrons. The van der Waals surface area contributed by atoms with E-state index in [0.717, 1.165) is 19.3 Å². The van der Waals surface area contributed by atoms with Gasteiger partial charge in [-0.2, -0.15) is 0 Å². The SMILES string of the molecule is CCCCc1ccc(NC(=O)c2c(C)nc3ccc(F)cn23)cc1. The second-order valence-corrected chi connectivity index (χ2v) is 5.88. The number of amides is 1. The molecule has 2 aromatic heterocycles. The van der Waals surface area contributed by atoms with Gasteiger partial charge < -0.3 is 5.32 Å². The number of halogens is 1. The number of rotatable bonds is 5. The van der Waals surface area contributed by atoms with Gasteiger partial charge in [0.1, 0.15) is 17.2 Å². The maximum atomic E-state index is 13.5. The lowest BCUT2D eigenvalue weighted by Crippen LogP contribution is -2.15. The molecule has 24 heavy (non-hydrogen) atoms. The number of pyridine rings is 1. The molecule has 1 N–H and O–H groups in total. The van der Waals surface area contributed by atoms with Crippen molar-refractivity contribution in [3.05, 3.63) is 65.4 Å². The van der Waals surface area contributed by atoms with Gasteiger partial charge in [-0.05, 0) is 49.6 Å². The highest BCUT2D eigenvalue weighted by molar-refractivity contribution is 6.04. The Balaban J connectivity index is 1.82. The number of nitrogens with one attached hydrogen (secondary N) is 1. The summed E-state index contributed by atoms with van der Waals surface area (Å²) >= 11 is 0. The third-order valence-corrected chi connectivity index (χ3v) is 4.00. The molecule has 0 bridgehead atoms. The summed E-state index contributed by atoms with van der Waals surface area (Å²) in [6.07, 6.45) is 4.62. The summed E-state index contributed by atoms with van der Waals surface area (Å²) in [5.74, 6) is -0.707.